The zero-order valence-corrected chi connectivity index (χ0v) is 66.1. The van der Waals surface area contributed by atoms with Gasteiger partial charge in [0.25, 0.3) is 0 Å². The van der Waals surface area contributed by atoms with Crippen molar-refractivity contribution in [2.45, 2.75) is 241 Å². The molecule has 0 aromatic rings. The summed E-state index contributed by atoms with van der Waals surface area (Å²) in [7, 11) is 6.36. The van der Waals surface area contributed by atoms with Crippen molar-refractivity contribution < 1.29 is 91.2 Å². The molecule has 29 nitrogen and oxygen atoms in total. The van der Waals surface area contributed by atoms with Crippen LogP contribution in [0.2, 0.25) is 0 Å². The van der Waals surface area contributed by atoms with E-state index in [9.17, 15) is 38.4 Å². The fraction of sp³-hybridized carbons (Fsp3) is 0.864. The van der Waals surface area contributed by atoms with E-state index in [0.29, 0.717) is 116 Å². The number of aliphatic imine (C=N–C) groups is 1. The molecular formula is C66H126N10O19S4. The van der Waals surface area contributed by atoms with E-state index in [-0.39, 0.29) is 64.6 Å². The molecule has 0 spiro atoms. The van der Waals surface area contributed by atoms with Gasteiger partial charge in [0.05, 0.1) is 32.5 Å². The van der Waals surface area contributed by atoms with Crippen molar-refractivity contribution in [3.8, 4) is 0 Å². The Morgan fingerprint density at radius 1 is 0.455 bits per heavy atom. The molecule has 0 aromatic heterocycles. The molecule has 0 saturated heterocycles. The van der Waals surface area contributed by atoms with Gasteiger partial charge in [-0.25, -0.2) is 29.5 Å². The molecule has 33 heteroatoms. The fourth-order valence-corrected chi connectivity index (χ4v) is 11.9. The van der Waals surface area contributed by atoms with Crippen molar-refractivity contribution in [2.24, 2.45) is 4.99 Å². The number of esters is 2. The number of rotatable bonds is 52. The van der Waals surface area contributed by atoms with Gasteiger partial charge in [-0.3, -0.25) is 29.4 Å². The summed E-state index contributed by atoms with van der Waals surface area (Å²) in [6.07, 6.45) is 2.99. The molecule has 578 valence electrons. The van der Waals surface area contributed by atoms with Crippen LogP contribution >= 0.6 is 43.2 Å². The van der Waals surface area contributed by atoms with Crippen LogP contribution in [0, 0.1) is 0 Å². The maximum atomic E-state index is 14.0. The summed E-state index contributed by atoms with van der Waals surface area (Å²) in [6, 6.07) is -1.94. The van der Waals surface area contributed by atoms with E-state index >= 15 is 0 Å². The molecule has 0 fully saturated rings. The van der Waals surface area contributed by atoms with E-state index in [0.717, 1.165) is 17.9 Å². The third-order valence-electron chi connectivity index (χ3n) is 12.1. The largest absolute Gasteiger partial charge is 0.483 e. The van der Waals surface area contributed by atoms with Crippen LogP contribution in [0.4, 0.5) is 19.2 Å². The van der Waals surface area contributed by atoms with Crippen molar-refractivity contribution in [1.82, 2.24) is 47.2 Å². The second-order valence-corrected chi connectivity index (χ2v) is 34.3. The Kier molecular flexibility index (Phi) is 50.1. The predicted octanol–water partition coefficient (Wildman–Crippen LogP) is 9.45. The van der Waals surface area contributed by atoms with Gasteiger partial charge in [0, 0.05) is 94.8 Å². The molecular weight excluding hydrogens is 1370 g/mol. The molecule has 3 unspecified atom stereocenters. The lowest BCUT2D eigenvalue weighted by atomic mass is 10.1. The molecule has 0 aliphatic rings. The summed E-state index contributed by atoms with van der Waals surface area (Å²) in [5, 5.41) is 26.1. The summed E-state index contributed by atoms with van der Waals surface area (Å²) < 4.78 is 45.1. The van der Waals surface area contributed by atoms with Crippen LogP contribution in [0.3, 0.4) is 0 Å². The second-order valence-electron chi connectivity index (χ2n) is 28.9. The fourth-order valence-electron chi connectivity index (χ4n) is 8.04. The Hall–Kier alpha value is -4.45. The van der Waals surface area contributed by atoms with Crippen molar-refractivity contribution in [2.75, 3.05) is 128 Å². The Morgan fingerprint density at radius 3 is 1.53 bits per heavy atom. The minimum absolute atomic E-state index is 0.127. The SMILES string of the molecule is CC(C)(C)OC(=O)NCCCNC(C(=O)OC(C)(C)C)C(CCNC(CCNC(=O)CCSSCCCONCCCN(CCCCN(CCCNC(=O)OC(C)(C)C)C(=O)OC(C)(C)C)C(=O)OC(C)(C)C)C(=O)OC(C)(C)C)OCC(=O)NCCSSCCN=COCCCOO. The number of amides is 6. The van der Waals surface area contributed by atoms with Crippen LogP contribution in [-0.4, -0.2) is 249 Å². The molecule has 8 N–H and O–H groups in total. The number of carbonyl (C=O) groups is 8. The molecule has 99 heavy (non-hydrogen) atoms. The van der Waals surface area contributed by atoms with Crippen LogP contribution < -0.4 is 37.4 Å². The van der Waals surface area contributed by atoms with Crippen molar-refractivity contribution >= 4 is 97.7 Å². The third-order valence-corrected chi connectivity index (χ3v) is 17.0. The first kappa shape index (κ1) is 94.6. The lowest BCUT2D eigenvalue weighted by Crippen LogP contribution is -2.52. The summed E-state index contributed by atoms with van der Waals surface area (Å²) in [4.78, 5) is 122. The van der Waals surface area contributed by atoms with E-state index in [2.05, 4.69) is 47.3 Å². The number of hydrogen-bond acceptors (Lipinski definition) is 27. The first-order valence-corrected chi connectivity index (χ1v) is 39.3. The van der Waals surface area contributed by atoms with Gasteiger partial charge in [-0.2, -0.15) is 0 Å². The standard InChI is InChI=1S/C66H126N10O19S4/c1-61(2,3)90-55(79)50(68-34-27-51(87-48-53(78)70-36-47-99-98-46-35-67-49-86-41-24-43-89-85)54(56(80)91-62(4,5)6)71-29-21-30-72-57(81)92-63(7,8)9)26-33-69-52(77)28-45-97-96-44-25-42-88-74-32-23-40-76(60(84)95-66(16,17)18)38-20-19-37-75(59(83)94-65(13,14)15)39-22-31-73-58(82)93-64(10,11)12/h49-51,54,68,71,74,85H,19-48H2,1-18H3,(H,69,77)(H,70,78)(H,72,81)(H,73,82). The van der Waals surface area contributed by atoms with E-state index < -0.39 is 94.0 Å². The Balaban J connectivity index is 5.44. The Bertz CT molecular complexity index is 2300. The molecule has 0 heterocycles. The third kappa shape index (κ3) is 59.8. The number of ether oxygens (including phenoxy) is 8. The maximum absolute atomic E-state index is 14.0. The van der Waals surface area contributed by atoms with Gasteiger partial charge in [0.15, 0.2) is 6.40 Å². The van der Waals surface area contributed by atoms with E-state index in [1.54, 1.807) is 157 Å². The van der Waals surface area contributed by atoms with Crippen LogP contribution in [0.1, 0.15) is 189 Å². The number of alkyl carbamates (subject to hydrolysis) is 2. The van der Waals surface area contributed by atoms with Gasteiger partial charge in [0.2, 0.25) is 11.8 Å². The minimum atomic E-state index is -1.07. The first-order chi connectivity index (χ1) is 46.2. The maximum Gasteiger partial charge on any atom is 0.410 e. The average Bonchev–Trinajstić information content (AvgIpc) is 0.890. The summed E-state index contributed by atoms with van der Waals surface area (Å²) in [5.74, 6) is 0.915. The van der Waals surface area contributed by atoms with Crippen LogP contribution in [0.5, 0.6) is 0 Å². The summed E-state index contributed by atoms with van der Waals surface area (Å²) in [6.45, 7) is 36.7. The Labute approximate surface area is 606 Å². The summed E-state index contributed by atoms with van der Waals surface area (Å²) in [5.41, 5.74) is -1.39. The van der Waals surface area contributed by atoms with E-state index in [4.69, 9.17) is 48.0 Å². The van der Waals surface area contributed by atoms with Gasteiger partial charge in [-0.15, -0.1) is 0 Å². The number of unbranched alkanes of at least 4 members (excludes halogenated alkanes) is 1. The molecule has 0 aromatic carbocycles. The Morgan fingerprint density at radius 2 is 0.960 bits per heavy atom. The molecule has 0 radical (unpaired) electrons. The number of carbonyl (C=O) groups excluding carboxylic acids is 8. The molecule has 3 atom stereocenters. The van der Waals surface area contributed by atoms with Crippen LogP contribution in [0.15, 0.2) is 4.99 Å². The number of nitrogens with zero attached hydrogens (tertiary/aromatic N) is 3. The second kappa shape index (κ2) is 52.5. The minimum Gasteiger partial charge on any atom is -0.483 e. The quantitative estimate of drug-likeness (QED) is 0.00410. The van der Waals surface area contributed by atoms with Gasteiger partial charge >= 0.3 is 36.3 Å². The van der Waals surface area contributed by atoms with E-state index in [1.165, 1.54) is 6.40 Å². The van der Waals surface area contributed by atoms with Gasteiger partial charge in [-0.05, 0) is 189 Å². The zero-order chi connectivity index (χ0) is 75.0. The summed E-state index contributed by atoms with van der Waals surface area (Å²) >= 11 is 0. The van der Waals surface area contributed by atoms with Crippen molar-refractivity contribution in [3.63, 3.8) is 0 Å². The average molecular weight is 1490 g/mol. The molecule has 0 aliphatic carbocycles. The monoisotopic (exact) mass is 1490 g/mol. The van der Waals surface area contributed by atoms with E-state index in [1.807, 2.05) is 20.8 Å². The molecule has 0 aliphatic heterocycles. The predicted molar refractivity (Wildman–Crippen MR) is 393 cm³/mol. The number of hydrogen-bond donors (Lipinski definition) is 8. The highest BCUT2D eigenvalue weighted by Gasteiger charge is 2.35. The van der Waals surface area contributed by atoms with Crippen molar-refractivity contribution in [3.05, 3.63) is 0 Å². The number of nitrogens with one attached hydrogen (secondary N) is 7. The lowest BCUT2D eigenvalue weighted by molar-refractivity contribution is -0.243. The smallest absolute Gasteiger partial charge is 0.410 e. The highest BCUT2D eigenvalue weighted by atomic mass is 33.1. The normalized spacial score (nSPS) is 13.2. The first-order valence-electron chi connectivity index (χ1n) is 34.4. The topological polar surface area (TPSA) is 352 Å². The lowest BCUT2D eigenvalue weighted by Gasteiger charge is -2.31. The highest BCUT2D eigenvalue weighted by Crippen LogP contribution is 2.23. The molecule has 6 amide bonds. The van der Waals surface area contributed by atoms with Gasteiger partial charge < -0.3 is 84.4 Å². The molecule has 0 bridgehead atoms. The zero-order valence-electron chi connectivity index (χ0n) is 62.8. The molecule has 0 saturated carbocycles. The highest BCUT2D eigenvalue weighted by molar-refractivity contribution is 8.77. The van der Waals surface area contributed by atoms with Gasteiger partial charge in [0.1, 0.15) is 52.3 Å². The van der Waals surface area contributed by atoms with Crippen LogP contribution in [-0.2, 0) is 66.8 Å². The van der Waals surface area contributed by atoms with Crippen LogP contribution in [0.25, 0.3) is 0 Å². The van der Waals surface area contributed by atoms with Crippen molar-refractivity contribution in [1.29, 1.82) is 0 Å². The van der Waals surface area contributed by atoms with Gasteiger partial charge in [-0.1, -0.05) is 43.2 Å². The number of hydroxylamine groups is 1. The molecule has 0 rings (SSSR count).